The van der Waals surface area contributed by atoms with E-state index in [0.29, 0.717) is 18.1 Å². The van der Waals surface area contributed by atoms with Gasteiger partial charge in [-0.1, -0.05) is 0 Å². The maximum Gasteiger partial charge on any atom is 0.356 e. The first-order valence-electron chi connectivity index (χ1n) is 5.01. The largest absolute Gasteiger partial charge is 0.476 e. The zero-order valence-electron chi connectivity index (χ0n) is 9.03. The number of rotatable bonds is 1. The van der Waals surface area contributed by atoms with Crippen LogP contribution in [0.5, 0.6) is 0 Å². The lowest BCUT2D eigenvalue weighted by Crippen LogP contribution is -2.27. The van der Waals surface area contributed by atoms with Crippen molar-refractivity contribution in [2.45, 2.75) is 6.54 Å². The lowest BCUT2D eigenvalue weighted by molar-refractivity contribution is 0.0689. The number of fused-ring (bicyclic) bond motifs is 3. The average Bonchev–Trinajstić information content (AvgIpc) is 2.73. The van der Waals surface area contributed by atoms with Gasteiger partial charge < -0.3 is 10.0 Å². The van der Waals surface area contributed by atoms with Crippen molar-refractivity contribution in [2.75, 3.05) is 11.9 Å². The Kier molecular flexibility index (Phi) is 1.88. The van der Waals surface area contributed by atoms with Crippen LogP contribution < -0.4 is 4.90 Å². The van der Waals surface area contributed by atoms with Crippen LogP contribution in [0.2, 0.25) is 0 Å². The normalized spacial score (nSPS) is 13.1. The number of hydrogen-bond acceptors (Lipinski definition) is 5. The quantitative estimate of drug-likeness (QED) is 0.760. The molecule has 0 saturated heterocycles. The minimum atomic E-state index is -1.02. The first kappa shape index (κ1) is 9.76. The topological polar surface area (TPSA) is 84.1 Å². The van der Waals surface area contributed by atoms with Crippen LogP contribution in [0.25, 0.3) is 5.69 Å². The second kappa shape index (κ2) is 3.27. The maximum absolute atomic E-state index is 11.0. The van der Waals surface area contributed by atoms with Crippen LogP contribution in [0.3, 0.4) is 0 Å². The smallest absolute Gasteiger partial charge is 0.356 e. The number of nitrogens with zero attached hydrogens (tertiary/aromatic N) is 5. The van der Waals surface area contributed by atoms with Gasteiger partial charge in [-0.2, -0.15) is 5.10 Å². The van der Waals surface area contributed by atoms with E-state index in [9.17, 15) is 4.79 Å². The first-order valence-corrected chi connectivity index (χ1v) is 5.01. The van der Waals surface area contributed by atoms with E-state index >= 15 is 0 Å². The highest BCUT2D eigenvalue weighted by Gasteiger charge is 2.26. The molecule has 0 spiro atoms. The number of carboxylic acids is 1. The van der Waals surface area contributed by atoms with Crippen molar-refractivity contribution in [1.29, 1.82) is 0 Å². The Bertz CT molecular complexity index is 606. The highest BCUT2D eigenvalue weighted by Crippen LogP contribution is 2.29. The molecular formula is C10H9N5O2. The molecule has 3 rings (SSSR count). The third-order valence-electron chi connectivity index (χ3n) is 2.76. The number of hydrogen-bond donors (Lipinski definition) is 1. The third-order valence-corrected chi connectivity index (χ3v) is 2.76. The Hall–Kier alpha value is -2.44. The Labute approximate surface area is 96.3 Å². The summed E-state index contributed by atoms with van der Waals surface area (Å²) in [4.78, 5) is 16.8. The van der Waals surface area contributed by atoms with Crippen molar-refractivity contribution in [3.8, 4) is 5.69 Å². The summed E-state index contributed by atoms with van der Waals surface area (Å²) >= 11 is 0. The molecule has 2 aromatic heterocycles. The van der Waals surface area contributed by atoms with Crippen LogP contribution in [-0.2, 0) is 6.54 Å². The fraction of sp³-hybridized carbons (Fsp3) is 0.200. The summed E-state index contributed by atoms with van der Waals surface area (Å²) in [6.45, 7) is 0.452. The third kappa shape index (κ3) is 1.28. The fourth-order valence-electron chi connectivity index (χ4n) is 1.99. The van der Waals surface area contributed by atoms with Crippen LogP contribution in [0, 0.1) is 0 Å². The second-order valence-electron chi connectivity index (χ2n) is 3.81. The van der Waals surface area contributed by atoms with Gasteiger partial charge in [-0.25, -0.2) is 9.78 Å². The molecule has 0 saturated carbocycles. The van der Waals surface area contributed by atoms with Gasteiger partial charge in [0, 0.05) is 7.05 Å². The first-order chi connectivity index (χ1) is 8.18. The molecule has 1 aliphatic heterocycles. The van der Waals surface area contributed by atoms with Crippen LogP contribution in [-0.4, -0.2) is 37.9 Å². The van der Waals surface area contributed by atoms with E-state index < -0.39 is 5.97 Å². The molecule has 17 heavy (non-hydrogen) atoms. The van der Waals surface area contributed by atoms with Crippen molar-refractivity contribution >= 4 is 11.8 Å². The molecule has 0 amide bonds. The lowest BCUT2D eigenvalue weighted by Gasteiger charge is -2.26. The van der Waals surface area contributed by atoms with Crippen LogP contribution in [0.15, 0.2) is 18.6 Å². The highest BCUT2D eigenvalue weighted by atomic mass is 16.4. The Morgan fingerprint density at radius 3 is 3.12 bits per heavy atom. The number of carboxylic acid groups (broad SMARTS) is 1. The Morgan fingerprint density at radius 1 is 1.53 bits per heavy atom. The van der Waals surface area contributed by atoms with Gasteiger partial charge in [0.05, 0.1) is 24.1 Å². The zero-order valence-corrected chi connectivity index (χ0v) is 9.03. The molecule has 86 valence electrons. The van der Waals surface area contributed by atoms with E-state index in [1.54, 1.807) is 16.8 Å². The summed E-state index contributed by atoms with van der Waals surface area (Å²) in [6.07, 6.45) is 3.08. The molecule has 3 heterocycles. The van der Waals surface area contributed by atoms with Crippen molar-refractivity contribution in [3.63, 3.8) is 0 Å². The minimum Gasteiger partial charge on any atom is -0.476 e. The summed E-state index contributed by atoms with van der Waals surface area (Å²) in [5.74, 6) is -0.299. The van der Waals surface area contributed by atoms with E-state index in [2.05, 4.69) is 15.2 Å². The maximum atomic E-state index is 11.0. The summed E-state index contributed by atoms with van der Waals surface area (Å²) in [5, 5.41) is 16.9. The average molecular weight is 231 g/mol. The molecule has 1 aliphatic rings. The Balaban J connectivity index is 2.26. The van der Waals surface area contributed by atoms with Gasteiger partial charge in [0.15, 0.2) is 11.5 Å². The van der Waals surface area contributed by atoms with Crippen molar-refractivity contribution in [2.24, 2.45) is 0 Å². The van der Waals surface area contributed by atoms with E-state index in [-0.39, 0.29) is 5.69 Å². The zero-order chi connectivity index (χ0) is 12.0. The molecule has 2 aromatic rings. The van der Waals surface area contributed by atoms with Crippen LogP contribution in [0.1, 0.15) is 16.2 Å². The molecule has 0 radical (unpaired) electrons. The molecular weight excluding hydrogens is 222 g/mol. The van der Waals surface area contributed by atoms with E-state index in [4.69, 9.17) is 5.11 Å². The molecule has 0 unspecified atom stereocenters. The lowest BCUT2D eigenvalue weighted by atomic mass is 10.2. The van der Waals surface area contributed by atoms with Crippen LogP contribution >= 0.6 is 0 Å². The predicted octanol–water partition coefficient (Wildman–Crippen LogP) is 0.310. The van der Waals surface area contributed by atoms with Gasteiger partial charge in [0.1, 0.15) is 6.33 Å². The van der Waals surface area contributed by atoms with Crippen molar-refractivity contribution in [3.05, 3.63) is 30.0 Å². The number of aromatic nitrogens is 4. The van der Waals surface area contributed by atoms with Crippen LogP contribution in [0.4, 0.5) is 5.82 Å². The van der Waals surface area contributed by atoms with Crippen molar-refractivity contribution in [1.82, 2.24) is 19.7 Å². The van der Waals surface area contributed by atoms with Gasteiger partial charge >= 0.3 is 5.97 Å². The summed E-state index contributed by atoms with van der Waals surface area (Å²) in [7, 11) is 1.84. The van der Waals surface area contributed by atoms with Crippen molar-refractivity contribution < 1.29 is 9.90 Å². The molecule has 7 nitrogen and oxygen atoms in total. The van der Waals surface area contributed by atoms with Gasteiger partial charge in [-0.15, -0.1) is 5.10 Å². The predicted molar refractivity (Wildman–Crippen MR) is 58.2 cm³/mol. The highest BCUT2D eigenvalue weighted by molar-refractivity contribution is 5.87. The minimum absolute atomic E-state index is 0.0827. The second-order valence-corrected chi connectivity index (χ2v) is 3.81. The SMILES string of the molecule is CN1Cc2c(C(=O)O)ncn2-c2ccnnc21. The monoisotopic (exact) mass is 231 g/mol. The molecule has 0 atom stereocenters. The molecule has 0 aromatic carbocycles. The van der Waals surface area contributed by atoms with E-state index in [1.165, 1.54) is 6.33 Å². The number of carbonyl (C=O) groups is 1. The van der Waals surface area contributed by atoms with Gasteiger partial charge in [-0.05, 0) is 6.07 Å². The van der Waals surface area contributed by atoms with E-state index in [1.807, 2.05) is 11.9 Å². The van der Waals surface area contributed by atoms with E-state index in [0.717, 1.165) is 5.69 Å². The number of aromatic carboxylic acids is 1. The molecule has 7 heteroatoms. The van der Waals surface area contributed by atoms with Gasteiger partial charge in [0.2, 0.25) is 0 Å². The summed E-state index contributed by atoms with van der Waals surface area (Å²) < 4.78 is 1.74. The fourth-order valence-corrected chi connectivity index (χ4v) is 1.99. The molecule has 0 fully saturated rings. The number of imidazole rings is 1. The standard InChI is InChI=1S/C10H9N5O2/c1-14-4-7-8(10(16)17)11-5-15(7)6-2-3-12-13-9(6)14/h2-3,5H,4H2,1H3,(H,16,17). The molecule has 0 bridgehead atoms. The number of anilines is 1. The Morgan fingerprint density at radius 2 is 2.35 bits per heavy atom. The van der Waals surface area contributed by atoms with Gasteiger partial charge in [-0.3, -0.25) is 4.57 Å². The molecule has 1 N–H and O–H groups in total. The summed E-state index contributed by atoms with van der Waals surface area (Å²) in [6, 6.07) is 1.79. The summed E-state index contributed by atoms with van der Waals surface area (Å²) in [5.41, 5.74) is 1.53. The molecule has 0 aliphatic carbocycles. The van der Waals surface area contributed by atoms with Gasteiger partial charge in [0.25, 0.3) is 0 Å².